The molecule has 0 atom stereocenters. The largest absolute Gasteiger partial charge is 0.465 e. The van der Waals surface area contributed by atoms with E-state index in [-0.39, 0.29) is 5.82 Å². The smallest absolute Gasteiger partial charge is 0.339 e. The molecule has 1 aromatic carbocycles. The molecule has 3 nitrogen and oxygen atoms in total. The molecule has 1 aliphatic rings. The van der Waals surface area contributed by atoms with Gasteiger partial charge in [-0.1, -0.05) is 0 Å². The van der Waals surface area contributed by atoms with Crippen LogP contribution in [0.2, 0.25) is 0 Å². The summed E-state index contributed by atoms with van der Waals surface area (Å²) in [6.45, 7) is 3.38. The summed E-state index contributed by atoms with van der Waals surface area (Å²) in [7, 11) is 1.34. The van der Waals surface area contributed by atoms with Crippen molar-refractivity contribution in [1.29, 1.82) is 0 Å². The highest BCUT2D eigenvalue weighted by Crippen LogP contribution is 2.27. The molecule has 0 unspecified atom stereocenters. The predicted molar refractivity (Wildman–Crippen MR) is 63.9 cm³/mol. The maximum absolute atomic E-state index is 13.6. The zero-order valence-electron chi connectivity index (χ0n) is 10.1. The fourth-order valence-corrected chi connectivity index (χ4v) is 2.16. The molecule has 0 aliphatic carbocycles. The van der Waals surface area contributed by atoms with E-state index >= 15 is 0 Å². The molecule has 0 amide bonds. The van der Waals surface area contributed by atoms with Gasteiger partial charge in [0.05, 0.1) is 18.4 Å². The van der Waals surface area contributed by atoms with Crippen LogP contribution in [0.3, 0.4) is 0 Å². The predicted octanol–water partition coefficient (Wildman–Crippen LogP) is 2.52. The Morgan fingerprint density at radius 2 is 2.00 bits per heavy atom. The number of esters is 1. The Morgan fingerprint density at radius 1 is 1.35 bits per heavy atom. The molecular formula is C13H16FNO2. The summed E-state index contributed by atoms with van der Waals surface area (Å²) in [5.41, 5.74) is 1.57. The summed E-state index contributed by atoms with van der Waals surface area (Å²) in [6.07, 6.45) is 2.16. The molecule has 4 heteroatoms. The van der Waals surface area contributed by atoms with Crippen molar-refractivity contribution >= 4 is 11.7 Å². The second-order valence-corrected chi connectivity index (χ2v) is 4.30. The van der Waals surface area contributed by atoms with Gasteiger partial charge in [-0.2, -0.15) is 0 Å². The maximum atomic E-state index is 13.6. The lowest BCUT2D eigenvalue weighted by molar-refractivity contribution is 0.0601. The molecule has 0 saturated carbocycles. The van der Waals surface area contributed by atoms with Crippen LogP contribution in [-0.4, -0.2) is 26.2 Å². The van der Waals surface area contributed by atoms with Gasteiger partial charge in [0, 0.05) is 13.1 Å². The van der Waals surface area contributed by atoms with Gasteiger partial charge in [-0.15, -0.1) is 0 Å². The number of hydrogen-bond donors (Lipinski definition) is 0. The van der Waals surface area contributed by atoms with Crippen LogP contribution < -0.4 is 4.90 Å². The highest BCUT2D eigenvalue weighted by molar-refractivity contribution is 5.96. The third-order valence-corrected chi connectivity index (χ3v) is 3.13. The summed E-state index contributed by atoms with van der Waals surface area (Å²) in [5.74, 6) is -0.686. The lowest BCUT2D eigenvalue weighted by atomic mass is 10.1. The molecule has 1 aromatic rings. The average molecular weight is 237 g/mol. The van der Waals surface area contributed by atoms with E-state index < -0.39 is 5.97 Å². The Morgan fingerprint density at radius 3 is 2.59 bits per heavy atom. The first-order valence-corrected chi connectivity index (χ1v) is 5.77. The van der Waals surface area contributed by atoms with E-state index in [2.05, 4.69) is 0 Å². The summed E-state index contributed by atoms with van der Waals surface area (Å²) in [5, 5.41) is 0. The van der Waals surface area contributed by atoms with Gasteiger partial charge in [-0.3, -0.25) is 0 Å². The van der Waals surface area contributed by atoms with Crippen molar-refractivity contribution in [1.82, 2.24) is 0 Å². The summed E-state index contributed by atoms with van der Waals surface area (Å²) in [6, 6.07) is 3.00. The van der Waals surface area contributed by atoms with Crippen molar-refractivity contribution < 1.29 is 13.9 Å². The van der Waals surface area contributed by atoms with E-state index in [0.29, 0.717) is 16.8 Å². The van der Waals surface area contributed by atoms with E-state index in [1.165, 1.54) is 13.2 Å². The maximum Gasteiger partial charge on any atom is 0.339 e. The lowest BCUT2D eigenvalue weighted by Crippen LogP contribution is -2.21. The van der Waals surface area contributed by atoms with Crippen molar-refractivity contribution in [3.8, 4) is 0 Å². The molecule has 0 spiro atoms. The van der Waals surface area contributed by atoms with E-state index in [9.17, 15) is 9.18 Å². The van der Waals surface area contributed by atoms with Crippen LogP contribution in [0.4, 0.5) is 10.1 Å². The van der Waals surface area contributed by atoms with Crippen LogP contribution in [0.1, 0.15) is 28.8 Å². The van der Waals surface area contributed by atoms with Crippen molar-refractivity contribution in [2.24, 2.45) is 0 Å². The van der Waals surface area contributed by atoms with Gasteiger partial charge in [-0.05, 0) is 37.5 Å². The van der Waals surface area contributed by atoms with Crippen LogP contribution >= 0.6 is 0 Å². The number of ether oxygens (including phenoxy) is 1. The molecule has 0 radical (unpaired) electrons. The van der Waals surface area contributed by atoms with E-state index in [4.69, 9.17) is 4.74 Å². The number of carbonyl (C=O) groups excluding carboxylic acids is 1. The number of rotatable bonds is 2. The molecule has 92 valence electrons. The minimum absolute atomic E-state index is 0.278. The number of methoxy groups -OCH3 is 1. The molecular weight excluding hydrogens is 221 g/mol. The monoisotopic (exact) mass is 237 g/mol. The third kappa shape index (κ3) is 2.25. The Balaban J connectivity index is 2.46. The van der Waals surface area contributed by atoms with Gasteiger partial charge in [-0.25, -0.2) is 9.18 Å². The Labute approximate surface area is 100 Å². The Bertz CT molecular complexity index is 439. The molecule has 1 aliphatic heterocycles. The van der Waals surface area contributed by atoms with Crippen LogP contribution in [0.5, 0.6) is 0 Å². The zero-order valence-corrected chi connectivity index (χ0v) is 10.1. The zero-order chi connectivity index (χ0) is 12.4. The van der Waals surface area contributed by atoms with Gasteiger partial charge in [0.1, 0.15) is 5.82 Å². The first-order chi connectivity index (χ1) is 8.13. The first kappa shape index (κ1) is 11.9. The third-order valence-electron chi connectivity index (χ3n) is 3.13. The normalized spacial score (nSPS) is 15.1. The minimum atomic E-state index is -0.407. The number of anilines is 1. The molecule has 0 bridgehead atoms. The van der Waals surface area contributed by atoms with Crippen LogP contribution in [0.15, 0.2) is 12.1 Å². The topological polar surface area (TPSA) is 29.5 Å². The standard InChI is InChI=1S/C13H16FNO2/c1-9-7-10(13(16)17-2)12(8-11(9)14)15-5-3-4-6-15/h7-8H,3-6H2,1-2H3. The van der Waals surface area contributed by atoms with Crippen LogP contribution in [0.25, 0.3) is 0 Å². The van der Waals surface area contributed by atoms with Crippen LogP contribution in [0, 0.1) is 12.7 Å². The average Bonchev–Trinajstić information content (AvgIpc) is 2.84. The number of aryl methyl sites for hydroxylation is 1. The Kier molecular flexibility index (Phi) is 3.31. The highest BCUT2D eigenvalue weighted by Gasteiger charge is 2.21. The molecule has 1 fully saturated rings. The van der Waals surface area contributed by atoms with Crippen molar-refractivity contribution in [3.63, 3.8) is 0 Å². The molecule has 2 rings (SSSR count). The van der Waals surface area contributed by atoms with Gasteiger partial charge in [0.15, 0.2) is 0 Å². The van der Waals surface area contributed by atoms with E-state index in [1.807, 2.05) is 4.90 Å². The SMILES string of the molecule is COC(=O)c1cc(C)c(F)cc1N1CCCC1. The summed E-state index contributed by atoms with van der Waals surface area (Å²) < 4.78 is 18.3. The van der Waals surface area contributed by atoms with Crippen molar-refractivity contribution in [2.45, 2.75) is 19.8 Å². The fraction of sp³-hybridized carbons (Fsp3) is 0.462. The van der Waals surface area contributed by atoms with Gasteiger partial charge < -0.3 is 9.64 Å². The molecule has 1 heterocycles. The summed E-state index contributed by atoms with van der Waals surface area (Å²) in [4.78, 5) is 13.7. The second-order valence-electron chi connectivity index (χ2n) is 4.30. The highest BCUT2D eigenvalue weighted by atomic mass is 19.1. The molecule has 17 heavy (non-hydrogen) atoms. The fourth-order valence-electron chi connectivity index (χ4n) is 2.16. The Hall–Kier alpha value is -1.58. The van der Waals surface area contributed by atoms with Crippen molar-refractivity contribution in [2.75, 3.05) is 25.1 Å². The quantitative estimate of drug-likeness (QED) is 0.740. The number of benzene rings is 1. The lowest BCUT2D eigenvalue weighted by Gasteiger charge is -2.21. The van der Waals surface area contributed by atoms with Crippen LogP contribution in [-0.2, 0) is 4.74 Å². The molecule has 1 saturated heterocycles. The molecule has 0 N–H and O–H groups in total. The minimum Gasteiger partial charge on any atom is -0.465 e. The molecule has 0 aromatic heterocycles. The van der Waals surface area contributed by atoms with Gasteiger partial charge in [0.2, 0.25) is 0 Å². The van der Waals surface area contributed by atoms with Crippen molar-refractivity contribution in [3.05, 3.63) is 29.1 Å². The number of nitrogens with zero attached hydrogens (tertiary/aromatic N) is 1. The van der Waals surface area contributed by atoms with E-state index in [1.54, 1.807) is 13.0 Å². The summed E-state index contributed by atoms with van der Waals surface area (Å²) >= 11 is 0. The number of hydrogen-bond acceptors (Lipinski definition) is 3. The second kappa shape index (κ2) is 4.73. The first-order valence-electron chi connectivity index (χ1n) is 5.77. The van der Waals surface area contributed by atoms with E-state index in [0.717, 1.165) is 25.9 Å². The number of carbonyl (C=O) groups is 1. The van der Waals surface area contributed by atoms with Gasteiger partial charge in [0.25, 0.3) is 0 Å². The number of halogens is 1. The van der Waals surface area contributed by atoms with Gasteiger partial charge >= 0.3 is 5.97 Å².